The van der Waals surface area contributed by atoms with Crippen LogP contribution < -0.4 is 4.74 Å². The standard InChI is InChI=1S/C22H24O9/c1-8-5-10-11(6-13(8)25)17(26)16-9(3-4-12(24)21(16)30-2)15(10)22-20(29)19(28)18(27)14(7-23)31-22/h3-6,14-15,18-20,22-25,27-29H,7H2,1-2H3. The highest BCUT2D eigenvalue weighted by atomic mass is 16.5. The van der Waals surface area contributed by atoms with Gasteiger partial charge in [0, 0.05) is 11.5 Å². The van der Waals surface area contributed by atoms with E-state index in [1.807, 2.05) is 0 Å². The van der Waals surface area contributed by atoms with Gasteiger partial charge in [-0.3, -0.25) is 4.79 Å². The fourth-order valence-electron chi connectivity index (χ4n) is 4.52. The number of carbonyl (C=O) groups is 1. The number of fused-ring (bicyclic) bond motifs is 2. The summed E-state index contributed by atoms with van der Waals surface area (Å²) in [4.78, 5) is 13.3. The maximum atomic E-state index is 13.3. The average Bonchev–Trinajstić information content (AvgIpc) is 2.75. The van der Waals surface area contributed by atoms with E-state index in [-0.39, 0.29) is 28.4 Å². The second kappa shape index (κ2) is 7.77. The van der Waals surface area contributed by atoms with Crippen LogP contribution in [-0.4, -0.2) is 80.7 Å². The number of methoxy groups -OCH3 is 1. The van der Waals surface area contributed by atoms with Gasteiger partial charge in [-0.15, -0.1) is 0 Å². The molecule has 1 saturated heterocycles. The molecule has 2 aliphatic rings. The van der Waals surface area contributed by atoms with E-state index < -0.39 is 48.8 Å². The molecule has 9 nitrogen and oxygen atoms in total. The summed E-state index contributed by atoms with van der Waals surface area (Å²) in [6, 6.07) is 5.75. The van der Waals surface area contributed by atoms with Crippen molar-refractivity contribution in [1.82, 2.24) is 0 Å². The SMILES string of the molecule is COc1c(O)ccc2c1C(=O)c1cc(O)c(C)cc1C2C1OC(CO)C(O)C(O)C1O. The van der Waals surface area contributed by atoms with Crippen LogP contribution in [0.3, 0.4) is 0 Å². The molecule has 0 radical (unpaired) electrons. The van der Waals surface area contributed by atoms with Gasteiger partial charge in [-0.05, 0) is 35.7 Å². The van der Waals surface area contributed by atoms with E-state index in [2.05, 4.69) is 0 Å². The number of rotatable bonds is 3. The molecule has 2 aromatic carbocycles. The quantitative estimate of drug-likeness (QED) is 0.391. The molecule has 6 N–H and O–H groups in total. The number of aryl methyl sites for hydroxylation is 1. The lowest BCUT2D eigenvalue weighted by molar-refractivity contribution is -0.232. The molecule has 0 aromatic heterocycles. The Morgan fingerprint density at radius 2 is 1.71 bits per heavy atom. The predicted molar refractivity (Wildman–Crippen MR) is 107 cm³/mol. The topological polar surface area (TPSA) is 157 Å². The first-order valence-electron chi connectivity index (χ1n) is 9.79. The number of carbonyl (C=O) groups excluding carboxylic acids is 1. The Labute approximate surface area is 177 Å². The molecule has 1 aliphatic carbocycles. The maximum Gasteiger partial charge on any atom is 0.197 e. The van der Waals surface area contributed by atoms with Gasteiger partial charge in [0.2, 0.25) is 0 Å². The van der Waals surface area contributed by atoms with Crippen molar-refractivity contribution in [3.63, 3.8) is 0 Å². The van der Waals surface area contributed by atoms with E-state index in [1.54, 1.807) is 13.0 Å². The Hall–Kier alpha value is -2.69. The molecule has 31 heavy (non-hydrogen) atoms. The number of ether oxygens (including phenoxy) is 2. The lowest BCUT2D eigenvalue weighted by atomic mass is 9.71. The smallest absolute Gasteiger partial charge is 0.197 e. The minimum atomic E-state index is -1.60. The van der Waals surface area contributed by atoms with E-state index in [1.165, 1.54) is 25.3 Å². The zero-order chi connectivity index (χ0) is 22.6. The van der Waals surface area contributed by atoms with Gasteiger partial charge in [-0.2, -0.15) is 0 Å². The van der Waals surface area contributed by atoms with Crippen molar-refractivity contribution >= 4 is 5.78 Å². The number of aromatic hydroxyl groups is 2. The van der Waals surface area contributed by atoms with Crippen LogP contribution in [0.4, 0.5) is 0 Å². The third-order valence-electron chi connectivity index (χ3n) is 6.14. The predicted octanol–water partition coefficient (Wildman–Crippen LogP) is -0.0665. The third-order valence-corrected chi connectivity index (χ3v) is 6.14. The van der Waals surface area contributed by atoms with E-state index in [4.69, 9.17) is 9.47 Å². The molecule has 1 heterocycles. The van der Waals surface area contributed by atoms with Crippen LogP contribution in [0.1, 0.15) is 38.5 Å². The number of hydrogen-bond donors (Lipinski definition) is 6. The normalized spacial score (nSPS) is 29.9. The molecule has 6 unspecified atom stereocenters. The Kier molecular flexibility index (Phi) is 5.40. The molecule has 2 aromatic rings. The summed E-state index contributed by atoms with van der Waals surface area (Å²) in [7, 11) is 1.30. The van der Waals surface area contributed by atoms with Gasteiger partial charge in [0.1, 0.15) is 30.2 Å². The summed E-state index contributed by atoms with van der Waals surface area (Å²) < 4.78 is 11.1. The maximum absolute atomic E-state index is 13.3. The third kappa shape index (κ3) is 3.17. The van der Waals surface area contributed by atoms with E-state index in [0.717, 1.165) is 0 Å². The Morgan fingerprint density at radius 3 is 2.35 bits per heavy atom. The first-order valence-corrected chi connectivity index (χ1v) is 9.79. The van der Waals surface area contributed by atoms with Crippen LogP contribution in [0.5, 0.6) is 17.2 Å². The van der Waals surface area contributed by atoms with Crippen LogP contribution in [0.15, 0.2) is 24.3 Å². The van der Waals surface area contributed by atoms with Crippen LogP contribution in [0.25, 0.3) is 0 Å². The second-order valence-electron chi connectivity index (χ2n) is 7.91. The van der Waals surface area contributed by atoms with Crippen LogP contribution in [0, 0.1) is 6.92 Å². The Bertz CT molecular complexity index is 1030. The van der Waals surface area contributed by atoms with Crippen molar-refractivity contribution in [2.24, 2.45) is 0 Å². The van der Waals surface area contributed by atoms with E-state index >= 15 is 0 Å². The molecule has 0 bridgehead atoms. The highest BCUT2D eigenvalue weighted by molar-refractivity contribution is 6.15. The summed E-state index contributed by atoms with van der Waals surface area (Å²) in [5, 5.41) is 61.3. The average molecular weight is 432 g/mol. The summed E-state index contributed by atoms with van der Waals surface area (Å²) in [5.74, 6) is -1.76. The molecule has 6 atom stereocenters. The van der Waals surface area contributed by atoms with Crippen molar-refractivity contribution in [2.45, 2.75) is 43.4 Å². The van der Waals surface area contributed by atoms with Crippen molar-refractivity contribution in [3.05, 3.63) is 52.1 Å². The number of phenolic OH excluding ortho intramolecular Hbond substituents is 2. The molecule has 166 valence electrons. The second-order valence-corrected chi connectivity index (χ2v) is 7.91. The van der Waals surface area contributed by atoms with Gasteiger partial charge in [-0.1, -0.05) is 12.1 Å². The number of ketones is 1. The first kappa shape index (κ1) is 21.5. The molecule has 1 fully saturated rings. The molecule has 1 aliphatic heterocycles. The minimum Gasteiger partial charge on any atom is -0.508 e. The van der Waals surface area contributed by atoms with Crippen molar-refractivity contribution < 1.29 is 44.9 Å². The zero-order valence-electron chi connectivity index (χ0n) is 16.9. The number of phenols is 2. The minimum absolute atomic E-state index is 0.0419. The molecular formula is C22H24O9. The summed E-state index contributed by atoms with van der Waals surface area (Å²) in [5.41, 5.74) is 1.46. The van der Waals surface area contributed by atoms with Gasteiger partial charge in [0.05, 0.1) is 25.4 Å². The van der Waals surface area contributed by atoms with E-state index in [0.29, 0.717) is 16.7 Å². The number of benzene rings is 2. The van der Waals surface area contributed by atoms with Crippen LogP contribution in [0.2, 0.25) is 0 Å². The van der Waals surface area contributed by atoms with Gasteiger partial charge in [-0.25, -0.2) is 0 Å². The fraction of sp³-hybridized carbons (Fsp3) is 0.409. The summed E-state index contributed by atoms with van der Waals surface area (Å²) >= 11 is 0. The van der Waals surface area contributed by atoms with Crippen molar-refractivity contribution in [2.75, 3.05) is 13.7 Å². The molecule has 9 heteroatoms. The van der Waals surface area contributed by atoms with Gasteiger partial charge in [0.15, 0.2) is 17.3 Å². The van der Waals surface area contributed by atoms with Crippen molar-refractivity contribution in [3.8, 4) is 17.2 Å². The van der Waals surface area contributed by atoms with Gasteiger partial charge in [0.25, 0.3) is 0 Å². The monoisotopic (exact) mass is 432 g/mol. The molecule has 0 spiro atoms. The van der Waals surface area contributed by atoms with Crippen LogP contribution in [-0.2, 0) is 4.74 Å². The number of hydrogen-bond acceptors (Lipinski definition) is 9. The zero-order valence-corrected chi connectivity index (χ0v) is 16.9. The fourth-order valence-corrected chi connectivity index (χ4v) is 4.52. The van der Waals surface area contributed by atoms with Crippen molar-refractivity contribution in [1.29, 1.82) is 0 Å². The van der Waals surface area contributed by atoms with Gasteiger partial charge >= 0.3 is 0 Å². The highest BCUT2D eigenvalue weighted by Crippen LogP contribution is 2.48. The summed E-state index contributed by atoms with van der Waals surface area (Å²) in [6.07, 6.45) is -6.97. The first-order chi connectivity index (χ1) is 14.7. The van der Waals surface area contributed by atoms with Crippen LogP contribution >= 0.6 is 0 Å². The van der Waals surface area contributed by atoms with E-state index in [9.17, 15) is 35.4 Å². The highest BCUT2D eigenvalue weighted by Gasteiger charge is 2.50. The molecule has 4 rings (SSSR count). The lowest BCUT2D eigenvalue weighted by Crippen LogP contribution is -2.60. The van der Waals surface area contributed by atoms with Gasteiger partial charge < -0.3 is 40.1 Å². The Balaban J connectivity index is 1.98. The largest absolute Gasteiger partial charge is 0.508 e. The number of aliphatic hydroxyl groups excluding tert-OH is 4. The Morgan fingerprint density at radius 1 is 1.00 bits per heavy atom. The summed E-state index contributed by atoms with van der Waals surface area (Å²) in [6.45, 7) is 1.05. The number of aliphatic hydroxyl groups is 4. The lowest BCUT2D eigenvalue weighted by Gasteiger charge is -2.45. The molecule has 0 saturated carbocycles. The molecular weight excluding hydrogens is 408 g/mol. The molecule has 0 amide bonds.